The number of benzene rings is 1. The van der Waals surface area contributed by atoms with Crippen molar-refractivity contribution >= 4 is 33.1 Å². The number of rotatable bonds is 11. The second kappa shape index (κ2) is 14.3. The molecule has 3 aliphatic rings. The fourth-order valence-corrected chi connectivity index (χ4v) is 8.46. The van der Waals surface area contributed by atoms with Crippen LogP contribution < -0.4 is 9.64 Å². The third-order valence-electron chi connectivity index (χ3n) is 10.4. The molecule has 0 aliphatic carbocycles. The number of halogens is 2. The molecule has 3 saturated heterocycles. The number of pyridine rings is 1. The maximum Gasteiger partial charge on any atom is 0.214 e. The van der Waals surface area contributed by atoms with E-state index in [2.05, 4.69) is 59.4 Å². The number of anilines is 1. The minimum Gasteiger partial charge on any atom is -0.469 e. The van der Waals surface area contributed by atoms with Gasteiger partial charge in [0, 0.05) is 33.5 Å². The molecule has 3 aromatic rings. The number of hydrogen-bond donors (Lipinski definition) is 0. The van der Waals surface area contributed by atoms with Crippen LogP contribution in [0.25, 0.3) is 22.3 Å². The van der Waals surface area contributed by atoms with Crippen molar-refractivity contribution in [1.82, 2.24) is 9.55 Å². The SMILES string of the molecule is C#Cc1c(O[C@@H]2CO[C@H]3[C@@H]2OC[C@H]3O[Si](C)(C)C(C)(C)C)n(COCC[Si](C)(C)C)c2ccc(-c3c(F)cc(N4CCOCC4)cc3F)nc12. The number of fused-ring (bicyclic) bond motifs is 2. The van der Waals surface area contributed by atoms with Crippen molar-refractivity contribution in [3.8, 4) is 29.5 Å². The zero-order valence-electron chi connectivity index (χ0n) is 30.6. The summed E-state index contributed by atoms with van der Waals surface area (Å²) in [6.07, 6.45) is 4.86. The lowest BCUT2D eigenvalue weighted by atomic mass is 10.1. The van der Waals surface area contributed by atoms with Gasteiger partial charge >= 0.3 is 0 Å². The second-order valence-electron chi connectivity index (χ2n) is 16.2. The fraction of sp³-hybridized carbons (Fsp3) is 0.595. The normalized spacial score (nSPS) is 23.0. The Hall–Kier alpha value is -2.84. The van der Waals surface area contributed by atoms with Crippen LogP contribution in [0.2, 0.25) is 43.8 Å². The van der Waals surface area contributed by atoms with E-state index in [1.807, 2.05) is 9.47 Å². The lowest BCUT2D eigenvalue weighted by Crippen LogP contribution is -2.47. The van der Waals surface area contributed by atoms with Crippen molar-refractivity contribution in [2.24, 2.45) is 0 Å². The first-order valence-corrected chi connectivity index (χ1v) is 24.2. The molecule has 13 heteroatoms. The Morgan fingerprint density at radius 2 is 1.62 bits per heavy atom. The summed E-state index contributed by atoms with van der Waals surface area (Å²) in [6, 6.07) is 7.06. The van der Waals surface area contributed by atoms with Crippen LogP contribution >= 0.6 is 0 Å². The Morgan fingerprint density at radius 3 is 2.24 bits per heavy atom. The van der Waals surface area contributed by atoms with Crippen LogP contribution in [0.3, 0.4) is 0 Å². The van der Waals surface area contributed by atoms with Gasteiger partial charge in [-0.05, 0) is 48.4 Å². The van der Waals surface area contributed by atoms with Crippen LogP contribution in [-0.2, 0) is 30.1 Å². The largest absolute Gasteiger partial charge is 0.469 e. The van der Waals surface area contributed by atoms with Gasteiger partial charge in [-0.25, -0.2) is 13.8 Å². The molecular formula is C37H51F2N3O6Si2. The topological polar surface area (TPSA) is 76.4 Å². The molecule has 2 aromatic heterocycles. The number of terminal acetylenes is 1. The van der Waals surface area contributed by atoms with Crippen LogP contribution in [0.4, 0.5) is 14.5 Å². The molecule has 1 aromatic carbocycles. The summed E-state index contributed by atoms with van der Waals surface area (Å²) in [7, 11) is -3.42. The maximum atomic E-state index is 15.7. The van der Waals surface area contributed by atoms with E-state index in [1.165, 1.54) is 12.1 Å². The lowest BCUT2D eigenvalue weighted by molar-refractivity contribution is 0.00850. The molecule has 3 fully saturated rings. The molecule has 0 N–H and O–H groups in total. The van der Waals surface area contributed by atoms with Crippen LogP contribution in [0.5, 0.6) is 5.88 Å². The maximum absolute atomic E-state index is 15.7. The quantitative estimate of drug-likeness (QED) is 0.118. The van der Waals surface area contributed by atoms with Crippen molar-refractivity contribution in [2.45, 2.75) is 95.7 Å². The van der Waals surface area contributed by atoms with Crippen LogP contribution in [-0.4, -0.2) is 96.5 Å². The van der Waals surface area contributed by atoms with Gasteiger partial charge in [-0.3, -0.25) is 4.57 Å². The summed E-state index contributed by atoms with van der Waals surface area (Å²) in [5.74, 6) is 1.74. The Bertz CT molecular complexity index is 1720. The summed E-state index contributed by atoms with van der Waals surface area (Å²) < 4.78 is 70.7. The Labute approximate surface area is 296 Å². The smallest absolute Gasteiger partial charge is 0.214 e. The predicted molar refractivity (Wildman–Crippen MR) is 196 cm³/mol. The number of ether oxygens (including phenoxy) is 5. The van der Waals surface area contributed by atoms with Gasteiger partial charge < -0.3 is 33.0 Å². The second-order valence-corrected chi connectivity index (χ2v) is 26.6. The zero-order chi connectivity index (χ0) is 36.0. The number of hydrogen-bond acceptors (Lipinski definition) is 8. The van der Waals surface area contributed by atoms with Gasteiger partial charge in [0.05, 0.1) is 49.3 Å². The molecule has 3 aliphatic heterocycles. The standard InChI is InChI=1S/C37H51F2N3O6Si2/c1-10-25-33-29(12-11-28(40-33)32-26(38)19-24(20-27(32)39)41-13-15-43-16-14-41)42(23-44-17-18-49(5,6)7)36(25)47-30-21-45-35-31(22-46-34(30)35)48-50(8,9)37(2,3)4/h1,11-12,19-20,30-31,34-35H,13-18,21-23H2,2-9H3/t30-,31-,34-,35-/m1/s1. The van der Waals surface area contributed by atoms with Crippen molar-refractivity contribution in [3.05, 3.63) is 41.5 Å². The van der Waals surface area contributed by atoms with Gasteiger partial charge in [0.25, 0.3) is 0 Å². The van der Waals surface area contributed by atoms with Gasteiger partial charge in [0.2, 0.25) is 5.88 Å². The number of nitrogens with zero attached hydrogens (tertiary/aromatic N) is 3. The van der Waals surface area contributed by atoms with E-state index in [0.717, 1.165) is 6.04 Å². The van der Waals surface area contributed by atoms with E-state index < -0.39 is 34.1 Å². The summed E-state index contributed by atoms with van der Waals surface area (Å²) in [5, 5.41) is 0.0418. The first-order chi connectivity index (χ1) is 23.6. The highest BCUT2D eigenvalue weighted by atomic mass is 28.4. The zero-order valence-corrected chi connectivity index (χ0v) is 32.6. The van der Waals surface area contributed by atoms with Crippen LogP contribution in [0.15, 0.2) is 24.3 Å². The van der Waals surface area contributed by atoms with E-state index in [1.54, 1.807) is 12.1 Å². The summed E-state index contributed by atoms with van der Waals surface area (Å²) in [5.41, 5.74) is 1.79. The van der Waals surface area contributed by atoms with Crippen LogP contribution in [0, 0.1) is 24.0 Å². The molecule has 9 nitrogen and oxygen atoms in total. The molecule has 6 rings (SSSR count). The molecule has 5 heterocycles. The van der Waals surface area contributed by atoms with Gasteiger partial charge in [0.1, 0.15) is 41.7 Å². The molecule has 0 radical (unpaired) electrons. The first kappa shape index (κ1) is 36.9. The highest BCUT2D eigenvalue weighted by molar-refractivity contribution is 6.76. The summed E-state index contributed by atoms with van der Waals surface area (Å²) >= 11 is 0. The molecule has 0 saturated carbocycles. The minimum atomic E-state index is -2.07. The van der Waals surface area contributed by atoms with Crippen molar-refractivity contribution in [1.29, 1.82) is 0 Å². The number of aromatic nitrogens is 2. The molecule has 0 bridgehead atoms. The highest BCUT2D eigenvalue weighted by Gasteiger charge is 2.52. The average molecular weight is 728 g/mol. The molecule has 0 spiro atoms. The third-order valence-corrected chi connectivity index (χ3v) is 16.6. The molecule has 0 unspecified atom stereocenters. The van der Waals surface area contributed by atoms with Crippen molar-refractivity contribution < 1.29 is 36.9 Å². The van der Waals surface area contributed by atoms with Gasteiger partial charge in [-0.1, -0.05) is 46.3 Å². The van der Waals surface area contributed by atoms with Gasteiger partial charge in [0.15, 0.2) is 14.4 Å². The first-order valence-electron chi connectivity index (χ1n) is 17.6. The van der Waals surface area contributed by atoms with Crippen molar-refractivity contribution in [2.75, 3.05) is 51.0 Å². The van der Waals surface area contributed by atoms with Crippen LogP contribution in [0.1, 0.15) is 26.3 Å². The number of morpholine rings is 1. The van der Waals surface area contributed by atoms with E-state index in [4.69, 9.17) is 39.5 Å². The molecular weight excluding hydrogens is 677 g/mol. The Morgan fingerprint density at radius 1 is 0.980 bits per heavy atom. The monoisotopic (exact) mass is 727 g/mol. The fourth-order valence-electron chi connectivity index (χ4n) is 6.39. The molecule has 0 amide bonds. The Kier molecular flexibility index (Phi) is 10.6. The predicted octanol–water partition coefficient (Wildman–Crippen LogP) is 7.05. The van der Waals surface area contributed by atoms with Crippen molar-refractivity contribution in [3.63, 3.8) is 0 Å². The molecule has 272 valence electrons. The summed E-state index contributed by atoms with van der Waals surface area (Å²) in [4.78, 5) is 6.67. The van der Waals surface area contributed by atoms with E-state index >= 15 is 8.78 Å². The Balaban J connectivity index is 1.32. The van der Waals surface area contributed by atoms with E-state index in [0.29, 0.717) is 74.3 Å². The van der Waals surface area contributed by atoms with E-state index in [-0.39, 0.29) is 41.3 Å². The third kappa shape index (κ3) is 7.53. The minimum absolute atomic E-state index is 0.0418. The van der Waals surface area contributed by atoms with Gasteiger partial charge in [-0.2, -0.15) is 0 Å². The highest BCUT2D eigenvalue weighted by Crippen LogP contribution is 2.42. The molecule has 50 heavy (non-hydrogen) atoms. The summed E-state index contributed by atoms with van der Waals surface area (Å²) in [6.45, 7) is 21.5. The lowest BCUT2D eigenvalue weighted by Gasteiger charge is -2.39. The van der Waals surface area contributed by atoms with Gasteiger partial charge in [-0.15, -0.1) is 6.42 Å². The average Bonchev–Trinajstić information content (AvgIpc) is 3.71. The van der Waals surface area contributed by atoms with E-state index in [9.17, 15) is 0 Å². The molecule has 4 atom stereocenters.